The zero-order chi connectivity index (χ0) is 65.2. The summed E-state index contributed by atoms with van der Waals surface area (Å²) in [6.45, 7) is 0.240. The first-order chi connectivity index (χ1) is 46.7. The van der Waals surface area contributed by atoms with Crippen molar-refractivity contribution < 1.29 is 45.0 Å². The van der Waals surface area contributed by atoms with Crippen molar-refractivity contribution in [2.24, 2.45) is 40.4 Å². The number of carbonyl (C=O) groups excluding carboxylic acids is 2. The van der Waals surface area contributed by atoms with Gasteiger partial charge in [0.05, 0.1) is 35.6 Å². The monoisotopic (exact) mass is 1290 g/mol. The van der Waals surface area contributed by atoms with E-state index in [0.717, 1.165) is 126 Å². The molecule has 18 rings (SSSR count). The highest BCUT2D eigenvalue weighted by atomic mass is 16.5. The topological polar surface area (TPSA) is 220 Å². The van der Waals surface area contributed by atoms with Crippen molar-refractivity contribution in [2.75, 3.05) is 18.5 Å². The van der Waals surface area contributed by atoms with Crippen LogP contribution in [0.4, 0.5) is 5.82 Å². The summed E-state index contributed by atoms with van der Waals surface area (Å²) in [7, 11) is 0. The van der Waals surface area contributed by atoms with E-state index in [-0.39, 0.29) is 108 Å². The maximum Gasteiger partial charge on any atom is 0.163 e. The lowest BCUT2D eigenvalue weighted by molar-refractivity contribution is -0.136. The Morgan fingerprint density at radius 1 is 0.729 bits per heavy atom. The van der Waals surface area contributed by atoms with Crippen molar-refractivity contribution in [1.82, 2.24) is 15.3 Å². The second-order valence-corrected chi connectivity index (χ2v) is 31.2. The van der Waals surface area contributed by atoms with Gasteiger partial charge in [0.15, 0.2) is 17.3 Å². The summed E-state index contributed by atoms with van der Waals surface area (Å²) in [4.78, 5) is 40.3. The van der Waals surface area contributed by atoms with Crippen LogP contribution in [0.25, 0.3) is 22.8 Å². The molecule has 4 saturated carbocycles. The molecule has 3 spiro atoms. The molecule has 5 fully saturated rings. The number of aromatic hydroxyl groups is 2. The van der Waals surface area contributed by atoms with E-state index in [1.807, 2.05) is 36.7 Å². The fourth-order valence-electron chi connectivity index (χ4n) is 21.3. The number of rotatable bonds is 6. The van der Waals surface area contributed by atoms with Gasteiger partial charge in [0.1, 0.15) is 29.5 Å². The summed E-state index contributed by atoms with van der Waals surface area (Å²) in [5.74, 6) is 12.3. The van der Waals surface area contributed by atoms with E-state index >= 15 is 9.59 Å². The number of phenols is 2. The van der Waals surface area contributed by atoms with Crippen LogP contribution in [-0.2, 0) is 40.7 Å². The van der Waals surface area contributed by atoms with Crippen LogP contribution in [0.2, 0.25) is 0 Å². The van der Waals surface area contributed by atoms with Gasteiger partial charge in [0.25, 0.3) is 0 Å². The Kier molecular flexibility index (Phi) is 15.6. The van der Waals surface area contributed by atoms with E-state index in [2.05, 4.69) is 86.7 Å². The van der Waals surface area contributed by atoms with E-state index in [1.54, 1.807) is 24.3 Å². The molecule has 0 radical (unpaired) electrons. The number of H-pyrrole nitrogens is 2. The Bertz CT molecular complexity index is 4300. The Balaban J connectivity index is 0.983. The number of ketones is 2. The number of allylic oxidation sites excluding steroid dienone is 1. The number of benzene rings is 4. The minimum atomic E-state index is -1.51. The van der Waals surface area contributed by atoms with Crippen molar-refractivity contribution in [3.63, 3.8) is 0 Å². The highest BCUT2D eigenvalue weighted by Crippen LogP contribution is 2.70. The number of aromatic nitrogens is 2. The number of ether oxygens (including phenoxy) is 1. The normalized spacial score (nSPS) is 32.4. The van der Waals surface area contributed by atoms with Gasteiger partial charge < -0.3 is 56.0 Å². The zero-order valence-corrected chi connectivity index (χ0v) is 55.0. The Hall–Kier alpha value is -7.62. The molecule has 13 heteroatoms. The smallest absolute Gasteiger partial charge is 0.163 e. The quantitative estimate of drug-likeness (QED) is 0.0558. The average molecular weight is 1290 g/mol. The third kappa shape index (κ3) is 10.3. The van der Waals surface area contributed by atoms with Crippen LogP contribution in [0.15, 0.2) is 103 Å². The second kappa shape index (κ2) is 24.1. The first kappa shape index (κ1) is 61.9. The number of anilines is 1. The summed E-state index contributed by atoms with van der Waals surface area (Å²) in [6, 6.07) is 25.2. The van der Waals surface area contributed by atoms with Crippen LogP contribution in [0.1, 0.15) is 202 Å². The Morgan fingerprint density at radius 2 is 1.56 bits per heavy atom. The molecule has 12 aliphatic rings. The fraction of sp³-hybridized carbons (Fsp3) is 0.494. The lowest BCUT2D eigenvalue weighted by Gasteiger charge is -2.48. The van der Waals surface area contributed by atoms with Crippen molar-refractivity contribution in [2.45, 2.75) is 201 Å². The van der Waals surface area contributed by atoms with Gasteiger partial charge in [-0.1, -0.05) is 91.1 Å². The van der Waals surface area contributed by atoms with Crippen molar-refractivity contribution >= 4 is 29.0 Å². The molecule has 6 aromatic rings. The largest absolute Gasteiger partial charge is 0.507 e. The number of nitrogens with one attached hydrogen (secondary N) is 4. The molecule has 96 heavy (non-hydrogen) atoms. The molecule has 496 valence electrons. The van der Waals surface area contributed by atoms with E-state index < -0.39 is 59.5 Å². The number of aromatic amines is 2. The number of aliphatic hydroxyl groups is 4. The predicted octanol–water partition coefficient (Wildman–Crippen LogP) is 12.9. The average Bonchev–Trinajstić information content (AvgIpc) is 1.54. The standard InChI is InChI=1S/C83H90N4O9/c88-38-27-59-69(90)22-18-48-40-63(76(92)70(41-48)96-54-11-2-3-12-54)75(91)62-43-53-42-52-25-36-85-79(52)87-67-21-19-58-66-20-17-49(46-86-66)39-51-9-1-4-13-55(51)61(62)44-65(53)83(78(58)94)35-34-81(33-32-80(47-81)28-5-6-29-80)71(83)16-8-14-60-72(67)73(77(59)93)64(57-26-37-84-74(57)60)45-82(95)30-23-50-10-7-15-68(89)56(50)24-31-82/h1,4,7,9-10,13,15,24-26,31,36-37,40-41,43-44,49,54,58-59,64,66-67,71,73,75,78,84-89,91-92,94-95H,2-3,5-6,11-12,14,17-18,20,22-23,27-30,32-35,38-39,42,45-47H2. The highest BCUT2D eigenvalue weighted by Gasteiger charge is 2.66. The van der Waals surface area contributed by atoms with E-state index in [9.17, 15) is 30.6 Å². The van der Waals surface area contributed by atoms with Gasteiger partial charge in [-0.25, -0.2) is 0 Å². The van der Waals surface area contributed by atoms with Crippen molar-refractivity contribution in [3.05, 3.63) is 164 Å². The number of hydrogen-bond donors (Lipinski definition) is 10. The van der Waals surface area contributed by atoms with Gasteiger partial charge in [-0.15, -0.1) is 0 Å². The van der Waals surface area contributed by atoms with Gasteiger partial charge in [0.2, 0.25) is 0 Å². The van der Waals surface area contributed by atoms with Gasteiger partial charge in [-0.2, -0.15) is 0 Å². The summed E-state index contributed by atoms with van der Waals surface area (Å²) >= 11 is 0. The number of fused-ring (bicyclic) bond motifs is 9. The molecule has 13 unspecified atom stereocenters. The molecule has 8 aliphatic carbocycles. The minimum absolute atomic E-state index is 0.0621. The molecule has 4 aliphatic heterocycles. The van der Waals surface area contributed by atoms with Gasteiger partial charge in [-0.3, -0.25) is 9.59 Å². The summed E-state index contributed by atoms with van der Waals surface area (Å²) < 4.78 is 6.80. The summed E-state index contributed by atoms with van der Waals surface area (Å²) in [6.07, 6.45) is 21.4. The van der Waals surface area contributed by atoms with Crippen LogP contribution >= 0.6 is 0 Å². The van der Waals surface area contributed by atoms with E-state index in [0.29, 0.717) is 53.9 Å². The van der Waals surface area contributed by atoms with Crippen LogP contribution in [0.3, 0.4) is 0 Å². The fourth-order valence-corrected chi connectivity index (χ4v) is 21.3. The number of aliphatic hydroxyl groups excluding tert-OH is 3. The maximum absolute atomic E-state index is 17.1. The third-order valence-electron chi connectivity index (χ3n) is 26.0. The molecule has 11 bridgehead atoms. The maximum atomic E-state index is 17.1. The highest BCUT2D eigenvalue weighted by molar-refractivity contribution is 6.06. The summed E-state index contributed by atoms with van der Waals surface area (Å²) in [5, 5.41) is 85.6. The Labute approximate surface area is 563 Å². The molecule has 1 saturated heterocycles. The number of piperidine rings is 1. The molecule has 13 atom stereocenters. The van der Waals surface area contributed by atoms with Crippen molar-refractivity contribution in [1.29, 1.82) is 0 Å². The SMILES string of the molecule is O=C1CCc2cc(OC3CCCC3)c(O)c(c2)C(O)c2cc3c4cc2-c2ccccc2CC2CCC(NC2)C2C#CC(Nc5[nH]ccc5C3)C3=C(CC#CC5C6(CCC7(CCCC7)C6)CCC45C2O)c2[nH]ccc2C(CC2(O)C=Cc4c(O)cccc4CC2)C3C(=O)C1CCO. The number of aryl methyl sites for hydroxylation is 2. The van der Waals surface area contributed by atoms with Crippen LogP contribution in [0, 0.1) is 64.1 Å². The molecular weight excluding hydrogens is 1200 g/mol. The van der Waals surface area contributed by atoms with E-state index in [4.69, 9.17) is 4.74 Å². The van der Waals surface area contributed by atoms with Crippen LogP contribution in [-0.4, -0.2) is 95.2 Å². The van der Waals surface area contributed by atoms with E-state index in [1.165, 1.54) is 25.7 Å². The summed E-state index contributed by atoms with van der Waals surface area (Å²) in [5.41, 5.74) is 9.32. The van der Waals surface area contributed by atoms with Crippen LogP contribution < -0.4 is 15.4 Å². The molecule has 0 amide bonds. The van der Waals surface area contributed by atoms with Crippen molar-refractivity contribution in [3.8, 4) is 52.1 Å². The molecule has 4 aromatic carbocycles. The van der Waals surface area contributed by atoms with Gasteiger partial charge in [-0.05, 0) is 248 Å². The number of Topliss-reactive ketones (excluding diaryl/α,β-unsaturated/α-hetero) is 2. The zero-order valence-electron chi connectivity index (χ0n) is 55.0. The number of phenolic OH excluding ortho intramolecular Hbond substituents is 2. The predicted molar refractivity (Wildman–Crippen MR) is 370 cm³/mol. The first-order valence-corrected chi connectivity index (χ1v) is 36.3. The Morgan fingerprint density at radius 3 is 2.41 bits per heavy atom. The van der Waals surface area contributed by atoms with Crippen LogP contribution in [0.5, 0.6) is 17.2 Å². The molecular formula is C83H90N4O9. The van der Waals surface area contributed by atoms with Gasteiger partial charge in [0, 0.05) is 78.4 Å². The second-order valence-electron chi connectivity index (χ2n) is 31.2. The molecule has 13 nitrogen and oxygen atoms in total. The molecule has 2 aromatic heterocycles. The van der Waals surface area contributed by atoms with Gasteiger partial charge >= 0.3 is 0 Å². The first-order valence-electron chi connectivity index (χ1n) is 36.3. The lowest BCUT2D eigenvalue weighted by atomic mass is 9.57. The number of hydrogen-bond acceptors (Lipinski definition) is 11. The lowest BCUT2D eigenvalue weighted by Crippen LogP contribution is -2.55. The minimum Gasteiger partial charge on any atom is -0.507 e. The third-order valence-corrected chi connectivity index (χ3v) is 26.0. The molecule has 6 heterocycles. The molecule has 10 N–H and O–H groups in total. The number of carbonyl (C=O) groups is 2.